The van der Waals surface area contributed by atoms with Crippen LogP contribution in [0.3, 0.4) is 0 Å². The molecule has 3 atom stereocenters. The van der Waals surface area contributed by atoms with E-state index in [0.717, 1.165) is 12.0 Å². The SMILES string of the molecule is CCC(C)C1CN(C2CCCCC2(C)C)CCN1. The van der Waals surface area contributed by atoms with E-state index in [4.69, 9.17) is 0 Å². The van der Waals surface area contributed by atoms with Gasteiger partial charge in [0.2, 0.25) is 0 Å². The molecule has 0 amide bonds. The topological polar surface area (TPSA) is 15.3 Å². The van der Waals surface area contributed by atoms with Crippen molar-refractivity contribution in [1.82, 2.24) is 10.2 Å². The third kappa shape index (κ3) is 3.08. The number of piperazine rings is 1. The Labute approximate surface area is 114 Å². The zero-order valence-electron chi connectivity index (χ0n) is 12.8. The molecule has 3 unspecified atom stereocenters. The molecule has 0 bridgehead atoms. The monoisotopic (exact) mass is 252 g/mol. The maximum atomic E-state index is 3.72. The summed E-state index contributed by atoms with van der Waals surface area (Å²) in [6, 6.07) is 1.53. The average Bonchev–Trinajstić information content (AvgIpc) is 2.37. The van der Waals surface area contributed by atoms with Crippen LogP contribution >= 0.6 is 0 Å². The van der Waals surface area contributed by atoms with E-state index in [1.54, 1.807) is 0 Å². The predicted molar refractivity (Wildman–Crippen MR) is 78.9 cm³/mol. The van der Waals surface area contributed by atoms with Crippen molar-refractivity contribution in [2.45, 2.75) is 71.9 Å². The number of nitrogens with one attached hydrogen (secondary N) is 1. The van der Waals surface area contributed by atoms with Crippen LogP contribution in [0.1, 0.15) is 59.8 Å². The highest BCUT2D eigenvalue weighted by Crippen LogP contribution is 2.39. The molecule has 1 aliphatic carbocycles. The summed E-state index contributed by atoms with van der Waals surface area (Å²) in [4.78, 5) is 2.80. The van der Waals surface area contributed by atoms with Crippen LogP contribution in [-0.2, 0) is 0 Å². The van der Waals surface area contributed by atoms with Gasteiger partial charge in [-0.05, 0) is 24.2 Å². The summed E-state index contributed by atoms with van der Waals surface area (Å²) in [5, 5.41) is 3.72. The van der Waals surface area contributed by atoms with Gasteiger partial charge < -0.3 is 5.32 Å². The molecule has 106 valence electrons. The second-order valence-electron chi connectivity index (χ2n) is 7.19. The molecule has 0 aromatic heterocycles. The summed E-state index contributed by atoms with van der Waals surface area (Å²) < 4.78 is 0. The minimum atomic E-state index is 0.523. The minimum absolute atomic E-state index is 0.523. The number of hydrogen-bond acceptors (Lipinski definition) is 2. The van der Waals surface area contributed by atoms with Gasteiger partial charge in [0.05, 0.1) is 0 Å². The molecule has 2 rings (SSSR count). The van der Waals surface area contributed by atoms with Crippen LogP contribution in [0.4, 0.5) is 0 Å². The summed E-state index contributed by atoms with van der Waals surface area (Å²) in [5.41, 5.74) is 0.523. The molecule has 1 heterocycles. The Hall–Kier alpha value is -0.0800. The molecule has 18 heavy (non-hydrogen) atoms. The van der Waals surface area contributed by atoms with Crippen LogP contribution in [0, 0.1) is 11.3 Å². The smallest absolute Gasteiger partial charge is 0.0221 e. The first-order valence-electron chi connectivity index (χ1n) is 8.02. The van der Waals surface area contributed by atoms with Gasteiger partial charge in [-0.1, -0.05) is 47.0 Å². The van der Waals surface area contributed by atoms with Gasteiger partial charge in [-0.25, -0.2) is 0 Å². The highest BCUT2D eigenvalue weighted by atomic mass is 15.2. The van der Waals surface area contributed by atoms with Crippen molar-refractivity contribution in [3.8, 4) is 0 Å². The maximum absolute atomic E-state index is 3.72. The third-order valence-electron chi connectivity index (χ3n) is 5.46. The fourth-order valence-electron chi connectivity index (χ4n) is 3.90. The number of hydrogen-bond donors (Lipinski definition) is 1. The fourth-order valence-corrected chi connectivity index (χ4v) is 3.90. The lowest BCUT2D eigenvalue weighted by Crippen LogP contribution is -2.59. The van der Waals surface area contributed by atoms with Gasteiger partial charge in [0.1, 0.15) is 0 Å². The van der Waals surface area contributed by atoms with Gasteiger partial charge in [0, 0.05) is 31.7 Å². The second-order valence-corrected chi connectivity index (χ2v) is 7.19. The number of nitrogens with zero attached hydrogens (tertiary/aromatic N) is 1. The zero-order chi connectivity index (χ0) is 13.2. The van der Waals surface area contributed by atoms with Crippen molar-refractivity contribution in [3.63, 3.8) is 0 Å². The Morgan fingerprint density at radius 2 is 2.11 bits per heavy atom. The molecule has 2 nitrogen and oxygen atoms in total. The Morgan fingerprint density at radius 3 is 2.78 bits per heavy atom. The van der Waals surface area contributed by atoms with Crippen molar-refractivity contribution in [2.75, 3.05) is 19.6 Å². The second kappa shape index (κ2) is 5.92. The van der Waals surface area contributed by atoms with Crippen molar-refractivity contribution in [1.29, 1.82) is 0 Å². The molecule has 1 saturated carbocycles. The van der Waals surface area contributed by atoms with E-state index in [1.807, 2.05) is 0 Å². The molecule has 2 heteroatoms. The molecule has 1 N–H and O–H groups in total. The first kappa shape index (κ1) is 14.3. The minimum Gasteiger partial charge on any atom is -0.311 e. The van der Waals surface area contributed by atoms with Crippen LogP contribution in [-0.4, -0.2) is 36.6 Å². The zero-order valence-corrected chi connectivity index (χ0v) is 12.8. The summed E-state index contributed by atoms with van der Waals surface area (Å²) in [6.07, 6.45) is 6.99. The first-order valence-corrected chi connectivity index (χ1v) is 8.02. The highest BCUT2D eigenvalue weighted by molar-refractivity contribution is 4.93. The van der Waals surface area contributed by atoms with Crippen LogP contribution in [0.15, 0.2) is 0 Å². The van der Waals surface area contributed by atoms with Crippen molar-refractivity contribution >= 4 is 0 Å². The Kier molecular flexibility index (Phi) is 4.71. The van der Waals surface area contributed by atoms with E-state index < -0.39 is 0 Å². The normalized spacial score (nSPS) is 35.3. The third-order valence-corrected chi connectivity index (χ3v) is 5.46. The molecular weight excluding hydrogens is 220 g/mol. The predicted octanol–water partition coefficient (Wildman–Crippen LogP) is 3.28. The standard InChI is InChI=1S/C16H32N2/c1-5-13(2)14-12-18(11-10-17-14)15-8-6-7-9-16(15,3)4/h13-15,17H,5-12H2,1-4H3. The lowest BCUT2D eigenvalue weighted by atomic mass is 9.72. The number of rotatable bonds is 3. The van der Waals surface area contributed by atoms with E-state index >= 15 is 0 Å². The van der Waals surface area contributed by atoms with Crippen LogP contribution < -0.4 is 5.32 Å². The largest absolute Gasteiger partial charge is 0.311 e. The molecule has 1 saturated heterocycles. The van der Waals surface area contributed by atoms with Crippen LogP contribution in [0.2, 0.25) is 0 Å². The first-order chi connectivity index (χ1) is 8.54. The molecule has 0 radical (unpaired) electrons. The summed E-state index contributed by atoms with van der Waals surface area (Å²) >= 11 is 0. The van der Waals surface area contributed by atoms with Gasteiger partial charge in [-0.15, -0.1) is 0 Å². The molecule has 2 fully saturated rings. The maximum Gasteiger partial charge on any atom is 0.0221 e. The van der Waals surface area contributed by atoms with E-state index in [0.29, 0.717) is 11.5 Å². The highest BCUT2D eigenvalue weighted by Gasteiger charge is 2.38. The van der Waals surface area contributed by atoms with Gasteiger partial charge >= 0.3 is 0 Å². The van der Waals surface area contributed by atoms with Gasteiger partial charge in [-0.2, -0.15) is 0 Å². The summed E-state index contributed by atoms with van der Waals surface area (Å²) in [7, 11) is 0. The van der Waals surface area contributed by atoms with Crippen molar-refractivity contribution in [3.05, 3.63) is 0 Å². The van der Waals surface area contributed by atoms with Gasteiger partial charge in [0.15, 0.2) is 0 Å². The Morgan fingerprint density at radius 1 is 1.33 bits per heavy atom. The van der Waals surface area contributed by atoms with Crippen molar-refractivity contribution in [2.24, 2.45) is 11.3 Å². The molecule has 0 aromatic rings. The molecular formula is C16H32N2. The van der Waals surface area contributed by atoms with Gasteiger partial charge in [-0.3, -0.25) is 4.90 Å². The lowest BCUT2D eigenvalue weighted by molar-refractivity contribution is 0.0225. The van der Waals surface area contributed by atoms with Gasteiger partial charge in [0.25, 0.3) is 0 Å². The van der Waals surface area contributed by atoms with E-state index in [-0.39, 0.29) is 0 Å². The average molecular weight is 252 g/mol. The summed E-state index contributed by atoms with van der Waals surface area (Å²) in [6.45, 7) is 13.4. The van der Waals surface area contributed by atoms with E-state index in [1.165, 1.54) is 51.7 Å². The molecule has 1 aliphatic heterocycles. The fraction of sp³-hybridized carbons (Fsp3) is 1.00. The van der Waals surface area contributed by atoms with Crippen LogP contribution in [0.5, 0.6) is 0 Å². The summed E-state index contributed by atoms with van der Waals surface area (Å²) in [5.74, 6) is 0.805. The van der Waals surface area contributed by atoms with E-state index in [9.17, 15) is 0 Å². The Bertz CT molecular complexity index is 262. The quantitative estimate of drug-likeness (QED) is 0.829. The molecule has 0 spiro atoms. The van der Waals surface area contributed by atoms with Crippen LogP contribution in [0.25, 0.3) is 0 Å². The lowest BCUT2D eigenvalue weighted by Gasteiger charge is -2.49. The van der Waals surface area contributed by atoms with Crippen molar-refractivity contribution < 1.29 is 0 Å². The molecule has 0 aromatic carbocycles. The molecule has 2 aliphatic rings. The van der Waals surface area contributed by atoms with E-state index in [2.05, 4.69) is 37.9 Å². The Balaban J connectivity index is 1.99.